The lowest BCUT2D eigenvalue weighted by Gasteiger charge is -2.09. The summed E-state index contributed by atoms with van der Waals surface area (Å²) in [5.74, 6) is -0.218. The number of pyridine rings is 1. The summed E-state index contributed by atoms with van der Waals surface area (Å²) < 4.78 is 5.98. The zero-order chi connectivity index (χ0) is 15.4. The van der Waals surface area contributed by atoms with Crippen molar-refractivity contribution in [1.29, 1.82) is 0 Å². The molecule has 0 aliphatic carbocycles. The molecule has 0 amide bonds. The van der Waals surface area contributed by atoms with E-state index in [1.807, 2.05) is 0 Å². The maximum atomic E-state index is 11.0. The second kappa shape index (κ2) is 6.18. The first-order chi connectivity index (χ1) is 10.0. The van der Waals surface area contributed by atoms with Crippen LogP contribution in [0.3, 0.4) is 0 Å². The lowest BCUT2D eigenvalue weighted by molar-refractivity contribution is -0.385. The van der Waals surface area contributed by atoms with Crippen LogP contribution in [0.5, 0.6) is 11.6 Å². The number of oxime groups is 1. The molecule has 1 heterocycles. The molecule has 0 spiro atoms. The van der Waals surface area contributed by atoms with Crippen LogP contribution in [0.15, 0.2) is 46.2 Å². The van der Waals surface area contributed by atoms with Crippen molar-refractivity contribution in [2.24, 2.45) is 10.9 Å². The van der Waals surface area contributed by atoms with Gasteiger partial charge in [0.05, 0.1) is 10.5 Å². The van der Waals surface area contributed by atoms with Crippen LogP contribution in [0.4, 0.5) is 5.69 Å². The van der Waals surface area contributed by atoms with Crippen molar-refractivity contribution in [3.05, 3.63) is 56.7 Å². The van der Waals surface area contributed by atoms with E-state index in [2.05, 4.69) is 26.1 Å². The molecule has 0 aliphatic heterocycles. The van der Waals surface area contributed by atoms with Crippen LogP contribution in [0.25, 0.3) is 0 Å². The number of nitrogens with two attached hydrogens (primary N) is 1. The minimum atomic E-state index is -0.577. The Labute approximate surface area is 127 Å². The molecule has 3 N–H and O–H groups in total. The molecule has 0 saturated carbocycles. The third kappa shape index (κ3) is 3.26. The van der Waals surface area contributed by atoms with Crippen molar-refractivity contribution < 1.29 is 14.9 Å². The van der Waals surface area contributed by atoms with Gasteiger partial charge in [-0.15, -0.1) is 0 Å². The Hall–Kier alpha value is -2.68. The summed E-state index contributed by atoms with van der Waals surface area (Å²) in [6.07, 6.45) is 1.42. The van der Waals surface area contributed by atoms with Gasteiger partial charge in [-0.3, -0.25) is 10.1 Å². The first-order valence-electron chi connectivity index (χ1n) is 5.57. The Morgan fingerprint density at radius 2 is 2.24 bits per heavy atom. The average molecular weight is 353 g/mol. The number of hydrogen-bond acceptors (Lipinski definition) is 6. The molecule has 0 radical (unpaired) electrons. The quantitative estimate of drug-likeness (QED) is 0.286. The Balaban J connectivity index is 2.46. The predicted octanol–water partition coefficient (Wildman–Crippen LogP) is 2.64. The Bertz CT molecular complexity index is 720. The molecule has 0 atom stereocenters. The van der Waals surface area contributed by atoms with E-state index in [1.165, 1.54) is 24.4 Å². The molecule has 2 rings (SSSR count). The molecule has 21 heavy (non-hydrogen) atoms. The van der Waals surface area contributed by atoms with Crippen molar-refractivity contribution in [2.75, 3.05) is 0 Å². The number of nitro groups is 1. The van der Waals surface area contributed by atoms with E-state index in [0.717, 1.165) is 0 Å². The Kier molecular flexibility index (Phi) is 4.33. The Morgan fingerprint density at radius 3 is 2.90 bits per heavy atom. The van der Waals surface area contributed by atoms with Gasteiger partial charge in [-0.2, -0.15) is 0 Å². The van der Waals surface area contributed by atoms with Crippen molar-refractivity contribution in [1.82, 2.24) is 4.98 Å². The first kappa shape index (κ1) is 14.7. The fourth-order valence-corrected chi connectivity index (χ4v) is 1.89. The van der Waals surface area contributed by atoms with Crippen LogP contribution < -0.4 is 10.5 Å². The van der Waals surface area contributed by atoms with Crippen LogP contribution in [0, 0.1) is 10.1 Å². The van der Waals surface area contributed by atoms with Gasteiger partial charge in [0.15, 0.2) is 5.84 Å². The number of nitro benzene ring substituents is 1. The molecule has 0 aliphatic rings. The van der Waals surface area contributed by atoms with Crippen LogP contribution in [-0.2, 0) is 0 Å². The zero-order valence-electron chi connectivity index (χ0n) is 10.4. The second-order valence-corrected chi connectivity index (χ2v) is 4.73. The van der Waals surface area contributed by atoms with Crippen LogP contribution in [0.2, 0.25) is 0 Å². The highest BCUT2D eigenvalue weighted by Gasteiger charge is 2.19. The van der Waals surface area contributed by atoms with E-state index in [4.69, 9.17) is 15.7 Å². The number of halogens is 1. The molecule has 0 unspecified atom stereocenters. The van der Waals surface area contributed by atoms with Gasteiger partial charge in [-0.1, -0.05) is 21.1 Å². The highest BCUT2D eigenvalue weighted by atomic mass is 79.9. The monoisotopic (exact) mass is 352 g/mol. The number of ether oxygens (including phenoxy) is 1. The van der Waals surface area contributed by atoms with E-state index < -0.39 is 4.92 Å². The number of aromatic nitrogens is 1. The van der Waals surface area contributed by atoms with Crippen molar-refractivity contribution in [3.8, 4) is 11.6 Å². The van der Waals surface area contributed by atoms with E-state index in [0.29, 0.717) is 4.47 Å². The van der Waals surface area contributed by atoms with Gasteiger partial charge in [0.25, 0.3) is 0 Å². The Morgan fingerprint density at radius 1 is 1.48 bits per heavy atom. The van der Waals surface area contributed by atoms with Crippen LogP contribution in [0.1, 0.15) is 5.56 Å². The van der Waals surface area contributed by atoms with E-state index in [-0.39, 0.29) is 28.7 Å². The number of nitrogens with zero attached hydrogens (tertiary/aromatic N) is 3. The predicted molar refractivity (Wildman–Crippen MR) is 77.6 cm³/mol. The number of rotatable bonds is 4. The molecule has 1 aromatic carbocycles. The van der Waals surface area contributed by atoms with E-state index in [9.17, 15) is 10.1 Å². The number of benzene rings is 1. The summed E-state index contributed by atoms with van der Waals surface area (Å²) in [6.45, 7) is 0. The molecule has 0 saturated heterocycles. The van der Waals surface area contributed by atoms with Crippen LogP contribution >= 0.6 is 15.9 Å². The third-order valence-electron chi connectivity index (χ3n) is 2.48. The second-order valence-electron chi connectivity index (χ2n) is 3.81. The highest BCUT2D eigenvalue weighted by molar-refractivity contribution is 9.10. The average Bonchev–Trinajstić information content (AvgIpc) is 2.48. The third-order valence-corrected chi connectivity index (χ3v) is 2.97. The highest BCUT2D eigenvalue weighted by Crippen LogP contribution is 2.33. The minimum Gasteiger partial charge on any atom is -0.431 e. The van der Waals surface area contributed by atoms with Crippen LogP contribution in [-0.4, -0.2) is 21.0 Å². The molecule has 2 aromatic rings. The number of hydrogen-bond donors (Lipinski definition) is 2. The summed E-state index contributed by atoms with van der Waals surface area (Å²) in [5.41, 5.74) is 5.49. The SMILES string of the molecule is NC(=NO)c1cccnc1Oc1ccc(Br)cc1[N+](=O)[O-]. The molecule has 0 fully saturated rings. The maximum absolute atomic E-state index is 11.0. The topological polar surface area (TPSA) is 124 Å². The molecule has 0 bridgehead atoms. The van der Waals surface area contributed by atoms with Gasteiger partial charge >= 0.3 is 5.69 Å². The van der Waals surface area contributed by atoms with E-state index >= 15 is 0 Å². The molecule has 108 valence electrons. The van der Waals surface area contributed by atoms with Gasteiger partial charge in [0.2, 0.25) is 11.6 Å². The van der Waals surface area contributed by atoms with Gasteiger partial charge < -0.3 is 15.7 Å². The lowest BCUT2D eigenvalue weighted by Crippen LogP contribution is -2.14. The lowest BCUT2D eigenvalue weighted by atomic mass is 10.2. The minimum absolute atomic E-state index is 0.00165. The standard InChI is InChI=1S/C12H9BrN4O4/c13-7-3-4-10(9(6-7)17(19)20)21-12-8(11(14)16-18)2-1-5-15-12/h1-6,18H,(H2,14,16). The van der Waals surface area contributed by atoms with Crippen molar-refractivity contribution >= 4 is 27.5 Å². The van der Waals surface area contributed by atoms with Crippen molar-refractivity contribution in [2.45, 2.75) is 0 Å². The smallest absolute Gasteiger partial charge is 0.312 e. The van der Waals surface area contributed by atoms with Gasteiger partial charge in [0, 0.05) is 16.7 Å². The molecule has 1 aromatic heterocycles. The first-order valence-corrected chi connectivity index (χ1v) is 6.37. The molecular weight excluding hydrogens is 344 g/mol. The summed E-state index contributed by atoms with van der Waals surface area (Å²) in [7, 11) is 0. The van der Waals surface area contributed by atoms with Gasteiger partial charge in [-0.05, 0) is 24.3 Å². The van der Waals surface area contributed by atoms with Gasteiger partial charge in [0.1, 0.15) is 0 Å². The molecule has 8 nitrogen and oxygen atoms in total. The zero-order valence-corrected chi connectivity index (χ0v) is 12.0. The largest absolute Gasteiger partial charge is 0.431 e. The summed E-state index contributed by atoms with van der Waals surface area (Å²) >= 11 is 3.15. The van der Waals surface area contributed by atoms with Gasteiger partial charge in [-0.25, -0.2) is 4.98 Å². The maximum Gasteiger partial charge on any atom is 0.312 e. The number of amidine groups is 1. The normalized spacial score (nSPS) is 11.2. The fourth-order valence-electron chi connectivity index (χ4n) is 1.54. The van der Waals surface area contributed by atoms with Crippen molar-refractivity contribution in [3.63, 3.8) is 0 Å². The summed E-state index contributed by atoms with van der Waals surface area (Å²) in [5, 5.41) is 22.6. The summed E-state index contributed by atoms with van der Waals surface area (Å²) in [6, 6.07) is 7.40. The molecular formula is C12H9BrN4O4. The molecule has 9 heteroatoms. The van der Waals surface area contributed by atoms with E-state index in [1.54, 1.807) is 12.1 Å². The fraction of sp³-hybridized carbons (Fsp3) is 0. The summed E-state index contributed by atoms with van der Waals surface area (Å²) in [4.78, 5) is 14.4.